The van der Waals surface area contributed by atoms with Gasteiger partial charge in [0, 0.05) is 17.3 Å². The van der Waals surface area contributed by atoms with Gasteiger partial charge in [0.25, 0.3) is 0 Å². The van der Waals surface area contributed by atoms with Crippen molar-refractivity contribution in [3.63, 3.8) is 0 Å². The van der Waals surface area contributed by atoms with Crippen molar-refractivity contribution in [1.29, 1.82) is 0 Å². The highest BCUT2D eigenvalue weighted by atomic mass is 14.7. The number of rotatable bonds is 4. The molecule has 0 aliphatic rings. The Morgan fingerprint density at radius 2 is 2.07 bits per heavy atom. The number of nitrogens with zero attached hydrogens (tertiary/aromatic N) is 1. The maximum absolute atomic E-state index is 4.47. The van der Waals surface area contributed by atoms with Crippen molar-refractivity contribution < 1.29 is 0 Å². The van der Waals surface area contributed by atoms with E-state index in [4.69, 9.17) is 0 Å². The summed E-state index contributed by atoms with van der Waals surface area (Å²) in [4.78, 5) is 4.47. The summed E-state index contributed by atoms with van der Waals surface area (Å²) >= 11 is 0. The first-order valence-corrected chi connectivity index (χ1v) is 5.50. The highest BCUT2D eigenvalue weighted by molar-refractivity contribution is 5.15. The van der Waals surface area contributed by atoms with E-state index in [0.717, 1.165) is 12.3 Å². The lowest BCUT2D eigenvalue weighted by molar-refractivity contribution is 0.349. The zero-order valence-electron chi connectivity index (χ0n) is 9.75. The van der Waals surface area contributed by atoms with Gasteiger partial charge >= 0.3 is 0 Å². The van der Waals surface area contributed by atoms with Gasteiger partial charge in [-0.1, -0.05) is 33.8 Å². The Bertz CT molecular complexity index is 266. The summed E-state index contributed by atoms with van der Waals surface area (Å²) in [6, 6.07) is 6.21. The van der Waals surface area contributed by atoms with Crippen LogP contribution in [-0.2, 0) is 5.41 Å². The fourth-order valence-electron chi connectivity index (χ4n) is 2.05. The second-order valence-corrected chi connectivity index (χ2v) is 4.73. The molecule has 1 heterocycles. The molecule has 1 unspecified atom stereocenters. The summed E-state index contributed by atoms with van der Waals surface area (Å²) in [5, 5.41) is 0. The van der Waals surface area contributed by atoms with Gasteiger partial charge in [-0.15, -0.1) is 0 Å². The first-order chi connectivity index (χ1) is 6.58. The third-order valence-corrected chi connectivity index (χ3v) is 2.92. The molecular formula is C13H21N. The Morgan fingerprint density at radius 3 is 2.50 bits per heavy atom. The normalized spacial score (nSPS) is 15.5. The minimum Gasteiger partial charge on any atom is -0.261 e. The molecule has 0 amide bonds. The SMILES string of the molecule is CCC(C)(CC(C)C)c1ccccn1. The Labute approximate surface area is 87.6 Å². The molecule has 0 N–H and O–H groups in total. The van der Waals surface area contributed by atoms with Gasteiger partial charge in [0.05, 0.1) is 0 Å². The molecule has 0 aromatic carbocycles. The average molecular weight is 191 g/mol. The molecule has 0 aliphatic heterocycles. The highest BCUT2D eigenvalue weighted by Crippen LogP contribution is 2.32. The van der Waals surface area contributed by atoms with Gasteiger partial charge < -0.3 is 0 Å². The Kier molecular flexibility index (Phi) is 3.68. The Morgan fingerprint density at radius 1 is 1.36 bits per heavy atom. The Balaban J connectivity index is 2.90. The van der Waals surface area contributed by atoms with E-state index in [0.29, 0.717) is 0 Å². The maximum Gasteiger partial charge on any atom is 0.0462 e. The largest absolute Gasteiger partial charge is 0.261 e. The first-order valence-electron chi connectivity index (χ1n) is 5.50. The van der Waals surface area contributed by atoms with Crippen molar-refractivity contribution in [2.24, 2.45) is 5.92 Å². The topological polar surface area (TPSA) is 12.9 Å². The van der Waals surface area contributed by atoms with Gasteiger partial charge in [-0.05, 0) is 30.9 Å². The molecule has 1 atom stereocenters. The minimum atomic E-state index is 0.245. The van der Waals surface area contributed by atoms with E-state index in [2.05, 4.69) is 44.8 Å². The van der Waals surface area contributed by atoms with Gasteiger partial charge in [0.2, 0.25) is 0 Å². The molecule has 0 spiro atoms. The molecule has 1 nitrogen and oxygen atoms in total. The lowest BCUT2D eigenvalue weighted by Crippen LogP contribution is -2.24. The molecule has 1 aromatic rings. The van der Waals surface area contributed by atoms with E-state index in [1.54, 1.807) is 0 Å². The van der Waals surface area contributed by atoms with E-state index in [1.807, 2.05) is 12.3 Å². The van der Waals surface area contributed by atoms with Crippen LogP contribution in [0.4, 0.5) is 0 Å². The second kappa shape index (κ2) is 4.59. The number of hydrogen-bond donors (Lipinski definition) is 0. The third kappa shape index (κ3) is 2.57. The van der Waals surface area contributed by atoms with Crippen LogP contribution in [0, 0.1) is 5.92 Å². The molecule has 1 aromatic heterocycles. The van der Waals surface area contributed by atoms with Crippen LogP contribution in [0.2, 0.25) is 0 Å². The quantitative estimate of drug-likeness (QED) is 0.705. The van der Waals surface area contributed by atoms with Crippen LogP contribution in [0.3, 0.4) is 0 Å². The number of hydrogen-bond acceptors (Lipinski definition) is 1. The predicted octanol–water partition coefficient (Wildman–Crippen LogP) is 3.80. The molecule has 1 rings (SSSR count). The molecule has 1 heteroatoms. The van der Waals surface area contributed by atoms with Gasteiger partial charge in [0.1, 0.15) is 0 Å². The molecule has 78 valence electrons. The Hall–Kier alpha value is -0.850. The van der Waals surface area contributed by atoms with Gasteiger partial charge in [0.15, 0.2) is 0 Å². The summed E-state index contributed by atoms with van der Waals surface area (Å²) in [7, 11) is 0. The molecule has 0 radical (unpaired) electrons. The van der Waals surface area contributed by atoms with Gasteiger partial charge in [-0.25, -0.2) is 0 Å². The van der Waals surface area contributed by atoms with Crippen LogP contribution in [0.5, 0.6) is 0 Å². The third-order valence-electron chi connectivity index (χ3n) is 2.92. The van der Waals surface area contributed by atoms with Crippen molar-refractivity contribution in [3.8, 4) is 0 Å². The van der Waals surface area contributed by atoms with Crippen LogP contribution in [0.15, 0.2) is 24.4 Å². The fraction of sp³-hybridized carbons (Fsp3) is 0.615. The van der Waals surface area contributed by atoms with Crippen molar-refractivity contribution in [1.82, 2.24) is 4.98 Å². The summed E-state index contributed by atoms with van der Waals surface area (Å²) < 4.78 is 0. The zero-order chi connectivity index (χ0) is 10.6. The van der Waals surface area contributed by atoms with E-state index in [9.17, 15) is 0 Å². The standard InChI is InChI=1S/C13H21N/c1-5-13(4,10-11(2)3)12-8-6-7-9-14-12/h6-9,11H,5,10H2,1-4H3. The summed E-state index contributed by atoms with van der Waals surface area (Å²) in [5.74, 6) is 0.724. The van der Waals surface area contributed by atoms with Gasteiger partial charge in [-0.2, -0.15) is 0 Å². The second-order valence-electron chi connectivity index (χ2n) is 4.73. The van der Waals surface area contributed by atoms with E-state index >= 15 is 0 Å². The number of aromatic nitrogens is 1. The van der Waals surface area contributed by atoms with Crippen LogP contribution in [-0.4, -0.2) is 4.98 Å². The van der Waals surface area contributed by atoms with Crippen LogP contribution < -0.4 is 0 Å². The molecule has 14 heavy (non-hydrogen) atoms. The zero-order valence-corrected chi connectivity index (χ0v) is 9.75. The molecule has 0 aliphatic carbocycles. The lowest BCUT2D eigenvalue weighted by Gasteiger charge is -2.29. The van der Waals surface area contributed by atoms with Crippen molar-refractivity contribution in [2.75, 3.05) is 0 Å². The van der Waals surface area contributed by atoms with Crippen molar-refractivity contribution in [3.05, 3.63) is 30.1 Å². The fourth-order valence-corrected chi connectivity index (χ4v) is 2.05. The van der Waals surface area contributed by atoms with Crippen LogP contribution >= 0.6 is 0 Å². The molecule has 0 saturated carbocycles. The van der Waals surface area contributed by atoms with Gasteiger partial charge in [-0.3, -0.25) is 4.98 Å². The van der Waals surface area contributed by atoms with Crippen LogP contribution in [0.1, 0.15) is 46.2 Å². The summed E-state index contributed by atoms with van der Waals surface area (Å²) in [6.07, 6.45) is 4.26. The minimum absolute atomic E-state index is 0.245. The molecule has 0 saturated heterocycles. The lowest BCUT2D eigenvalue weighted by atomic mass is 9.77. The summed E-state index contributed by atoms with van der Waals surface area (Å²) in [5.41, 5.74) is 1.48. The summed E-state index contributed by atoms with van der Waals surface area (Å²) in [6.45, 7) is 9.11. The van der Waals surface area contributed by atoms with Crippen molar-refractivity contribution in [2.45, 2.75) is 46.0 Å². The predicted molar refractivity (Wildman–Crippen MR) is 61.3 cm³/mol. The smallest absolute Gasteiger partial charge is 0.0462 e. The first kappa shape index (κ1) is 11.2. The van der Waals surface area contributed by atoms with E-state index < -0.39 is 0 Å². The van der Waals surface area contributed by atoms with Crippen molar-refractivity contribution >= 4 is 0 Å². The molecule has 0 bridgehead atoms. The average Bonchev–Trinajstić information content (AvgIpc) is 2.18. The van der Waals surface area contributed by atoms with E-state index in [1.165, 1.54) is 12.1 Å². The maximum atomic E-state index is 4.47. The highest BCUT2D eigenvalue weighted by Gasteiger charge is 2.26. The number of pyridine rings is 1. The monoisotopic (exact) mass is 191 g/mol. The molecular weight excluding hydrogens is 170 g/mol. The van der Waals surface area contributed by atoms with E-state index in [-0.39, 0.29) is 5.41 Å². The molecule has 0 fully saturated rings. The van der Waals surface area contributed by atoms with Crippen LogP contribution in [0.25, 0.3) is 0 Å².